The first-order valence-electron chi connectivity index (χ1n) is 8.17. The largest absolute Gasteiger partial charge is 0.326 e. The molecular weight excluding hydrogens is 326 g/mol. The Bertz CT molecular complexity index is 478. The van der Waals surface area contributed by atoms with E-state index in [2.05, 4.69) is 28.2 Å². The number of carbonyl (C=O) groups excluding carboxylic acids is 1. The maximum absolute atomic E-state index is 12.4. The summed E-state index contributed by atoms with van der Waals surface area (Å²) in [6.45, 7) is 4.28. The Kier molecular flexibility index (Phi) is 6.28. The highest BCUT2D eigenvalue weighted by Gasteiger charge is 2.26. The Morgan fingerprint density at radius 1 is 1.29 bits per heavy atom. The van der Waals surface area contributed by atoms with Crippen molar-refractivity contribution in [3.05, 3.63) is 28.2 Å². The fraction of sp³-hybridized carbons (Fsp3) is 0.611. The first kappa shape index (κ1) is 16.5. The number of rotatable bonds is 5. The Morgan fingerprint density at radius 3 is 2.67 bits per heavy atom. The normalized spacial score (nSPS) is 22.0. The minimum absolute atomic E-state index is 0.196. The van der Waals surface area contributed by atoms with Gasteiger partial charge in [-0.25, -0.2) is 0 Å². The second kappa shape index (κ2) is 7.98. The third-order valence-corrected chi connectivity index (χ3v) is 5.57. The summed E-state index contributed by atoms with van der Waals surface area (Å²) in [6.07, 6.45) is 8.49. The van der Waals surface area contributed by atoms with Gasteiger partial charge in [-0.3, -0.25) is 4.79 Å². The van der Waals surface area contributed by atoms with Crippen LogP contribution in [0.1, 0.15) is 57.4 Å². The lowest BCUT2D eigenvalue weighted by Crippen LogP contribution is -2.27. The summed E-state index contributed by atoms with van der Waals surface area (Å²) in [6, 6.07) is 5.95. The van der Waals surface area contributed by atoms with E-state index >= 15 is 0 Å². The maximum atomic E-state index is 12.4. The number of benzene rings is 1. The molecule has 1 N–H and O–H groups in total. The predicted octanol–water partition coefficient (Wildman–Crippen LogP) is 5.69. The fourth-order valence-corrected chi connectivity index (χ4v) is 3.55. The highest BCUT2D eigenvalue weighted by Crippen LogP contribution is 2.33. The maximum Gasteiger partial charge on any atom is 0.227 e. The van der Waals surface area contributed by atoms with Gasteiger partial charge in [0, 0.05) is 16.1 Å². The summed E-state index contributed by atoms with van der Waals surface area (Å²) in [5.74, 6) is 1.24. The number of halogens is 1. The lowest BCUT2D eigenvalue weighted by atomic mass is 9.79. The van der Waals surface area contributed by atoms with Gasteiger partial charge < -0.3 is 5.32 Å². The van der Waals surface area contributed by atoms with Gasteiger partial charge in [0.25, 0.3) is 0 Å². The van der Waals surface area contributed by atoms with Gasteiger partial charge >= 0.3 is 0 Å². The second-order valence-electron chi connectivity index (χ2n) is 6.26. The van der Waals surface area contributed by atoms with Crippen LogP contribution in [-0.4, -0.2) is 5.91 Å². The zero-order valence-electron chi connectivity index (χ0n) is 13.1. The van der Waals surface area contributed by atoms with Crippen LogP contribution in [0, 0.1) is 18.8 Å². The number of hydrogen-bond donors (Lipinski definition) is 1. The molecule has 1 aliphatic carbocycles. The zero-order chi connectivity index (χ0) is 15.2. The van der Waals surface area contributed by atoms with E-state index in [1.54, 1.807) is 0 Å². The lowest BCUT2D eigenvalue weighted by molar-refractivity contribution is -0.121. The van der Waals surface area contributed by atoms with E-state index in [0.29, 0.717) is 0 Å². The second-order valence-corrected chi connectivity index (χ2v) is 7.12. The van der Waals surface area contributed by atoms with E-state index in [-0.39, 0.29) is 11.8 Å². The van der Waals surface area contributed by atoms with Crippen molar-refractivity contribution in [2.75, 3.05) is 5.32 Å². The van der Waals surface area contributed by atoms with E-state index in [1.165, 1.54) is 32.1 Å². The quantitative estimate of drug-likeness (QED) is 0.724. The standard InChI is InChI=1S/C18H26BrNO/c1-3-4-6-14-9-11-15(12-10-14)18(21)20-17-8-5-7-16(19)13(17)2/h5,7-8,14-15H,3-4,6,9-12H2,1-2H3,(H,20,21). The van der Waals surface area contributed by atoms with Crippen molar-refractivity contribution in [2.24, 2.45) is 11.8 Å². The number of amides is 1. The van der Waals surface area contributed by atoms with Crippen LogP contribution < -0.4 is 5.32 Å². The molecule has 1 aromatic rings. The predicted molar refractivity (Wildman–Crippen MR) is 92.5 cm³/mol. The van der Waals surface area contributed by atoms with Gasteiger partial charge in [-0.2, -0.15) is 0 Å². The monoisotopic (exact) mass is 351 g/mol. The first-order valence-corrected chi connectivity index (χ1v) is 8.97. The average molecular weight is 352 g/mol. The molecule has 0 unspecified atom stereocenters. The molecule has 0 bridgehead atoms. The van der Waals surface area contributed by atoms with Gasteiger partial charge in [0.15, 0.2) is 0 Å². The summed E-state index contributed by atoms with van der Waals surface area (Å²) >= 11 is 3.51. The number of anilines is 1. The zero-order valence-corrected chi connectivity index (χ0v) is 14.7. The number of carbonyl (C=O) groups is 1. The molecular formula is C18H26BrNO. The molecule has 0 heterocycles. The molecule has 0 spiro atoms. The van der Waals surface area contributed by atoms with Crippen LogP contribution in [0.3, 0.4) is 0 Å². The molecule has 1 saturated carbocycles. The third-order valence-electron chi connectivity index (χ3n) is 4.71. The molecule has 2 rings (SSSR count). The minimum atomic E-state index is 0.196. The van der Waals surface area contributed by atoms with Crippen LogP contribution in [0.25, 0.3) is 0 Å². The molecule has 0 aliphatic heterocycles. The van der Waals surface area contributed by atoms with Crippen molar-refractivity contribution in [2.45, 2.75) is 58.8 Å². The fourth-order valence-electron chi connectivity index (χ4n) is 3.18. The molecule has 1 aromatic carbocycles. The summed E-state index contributed by atoms with van der Waals surface area (Å²) in [4.78, 5) is 12.4. The molecule has 0 aromatic heterocycles. The molecule has 1 aliphatic rings. The minimum Gasteiger partial charge on any atom is -0.326 e. The molecule has 116 valence electrons. The molecule has 0 atom stereocenters. The van der Waals surface area contributed by atoms with Crippen molar-refractivity contribution < 1.29 is 4.79 Å². The van der Waals surface area contributed by atoms with Crippen LogP contribution in [0.15, 0.2) is 22.7 Å². The van der Waals surface area contributed by atoms with Gasteiger partial charge in [0.1, 0.15) is 0 Å². The molecule has 3 heteroatoms. The number of unbranched alkanes of at least 4 members (excludes halogenated alkanes) is 1. The first-order chi connectivity index (χ1) is 10.1. The number of nitrogens with one attached hydrogen (secondary N) is 1. The van der Waals surface area contributed by atoms with Crippen molar-refractivity contribution in [1.29, 1.82) is 0 Å². The molecule has 1 amide bonds. The number of hydrogen-bond acceptors (Lipinski definition) is 1. The highest BCUT2D eigenvalue weighted by atomic mass is 79.9. The van der Waals surface area contributed by atoms with Crippen LogP contribution >= 0.6 is 15.9 Å². The van der Waals surface area contributed by atoms with Crippen molar-refractivity contribution in [3.8, 4) is 0 Å². The van der Waals surface area contributed by atoms with Crippen LogP contribution in [-0.2, 0) is 4.79 Å². The Morgan fingerprint density at radius 2 is 2.00 bits per heavy atom. The molecule has 0 radical (unpaired) electrons. The summed E-state index contributed by atoms with van der Waals surface area (Å²) < 4.78 is 1.04. The van der Waals surface area contributed by atoms with E-state index in [0.717, 1.165) is 34.5 Å². The van der Waals surface area contributed by atoms with Crippen molar-refractivity contribution >= 4 is 27.5 Å². The molecule has 1 fully saturated rings. The summed E-state index contributed by atoms with van der Waals surface area (Å²) in [7, 11) is 0. The summed E-state index contributed by atoms with van der Waals surface area (Å²) in [5.41, 5.74) is 2.03. The smallest absolute Gasteiger partial charge is 0.227 e. The molecule has 21 heavy (non-hydrogen) atoms. The molecule has 0 saturated heterocycles. The van der Waals surface area contributed by atoms with Crippen molar-refractivity contribution in [3.63, 3.8) is 0 Å². The van der Waals surface area contributed by atoms with Crippen LogP contribution in [0.5, 0.6) is 0 Å². The lowest BCUT2D eigenvalue weighted by Gasteiger charge is -2.28. The Hall–Kier alpha value is -0.830. The van der Waals surface area contributed by atoms with Gasteiger partial charge in [-0.05, 0) is 56.2 Å². The average Bonchev–Trinajstić information content (AvgIpc) is 2.50. The van der Waals surface area contributed by atoms with Crippen LogP contribution in [0.4, 0.5) is 5.69 Å². The SMILES string of the molecule is CCCCC1CCC(C(=O)Nc2cccc(Br)c2C)CC1. The van der Waals surface area contributed by atoms with Crippen molar-refractivity contribution in [1.82, 2.24) is 0 Å². The van der Waals surface area contributed by atoms with Crippen LogP contribution in [0.2, 0.25) is 0 Å². The summed E-state index contributed by atoms with van der Waals surface area (Å²) in [5, 5.41) is 3.11. The van der Waals surface area contributed by atoms with Gasteiger partial charge in [-0.15, -0.1) is 0 Å². The highest BCUT2D eigenvalue weighted by molar-refractivity contribution is 9.10. The Labute approximate surface area is 136 Å². The Balaban J connectivity index is 1.86. The van der Waals surface area contributed by atoms with E-state index in [4.69, 9.17) is 0 Å². The van der Waals surface area contributed by atoms with Gasteiger partial charge in [0.2, 0.25) is 5.91 Å². The van der Waals surface area contributed by atoms with E-state index in [9.17, 15) is 4.79 Å². The van der Waals surface area contributed by atoms with Gasteiger partial charge in [-0.1, -0.05) is 48.2 Å². The van der Waals surface area contributed by atoms with E-state index in [1.807, 2.05) is 25.1 Å². The third kappa shape index (κ3) is 4.57. The van der Waals surface area contributed by atoms with Gasteiger partial charge in [0.05, 0.1) is 0 Å². The molecule has 2 nitrogen and oxygen atoms in total. The van der Waals surface area contributed by atoms with E-state index < -0.39 is 0 Å². The topological polar surface area (TPSA) is 29.1 Å².